The van der Waals surface area contributed by atoms with E-state index in [0.717, 1.165) is 23.5 Å². The number of fused-ring (bicyclic) bond motifs is 1. The minimum Gasteiger partial charge on any atom is -0.452 e. The summed E-state index contributed by atoms with van der Waals surface area (Å²) >= 11 is 12.7. The highest BCUT2D eigenvalue weighted by atomic mass is 35.5. The van der Waals surface area contributed by atoms with Crippen LogP contribution in [0.15, 0.2) is 35.2 Å². The highest BCUT2D eigenvalue weighted by Gasteiger charge is 2.21. The van der Waals surface area contributed by atoms with Crippen LogP contribution in [0.25, 0.3) is 10.2 Å². The van der Waals surface area contributed by atoms with Crippen molar-refractivity contribution in [3.8, 4) is 0 Å². The lowest BCUT2D eigenvalue weighted by atomic mass is 10.2. The van der Waals surface area contributed by atoms with Gasteiger partial charge in [0.15, 0.2) is 11.7 Å². The van der Waals surface area contributed by atoms with E-state index in [1.165, 1.54) is 18.2 Å². The number of rotatable bonds is 6. The number of hydrogen-bond acceptors (Lipinski definition) is 9. The van der Waals surface area contributed by atoms with Gasteiger partial charge in [-0.2, -0.15) is 0 Å². The molecule has 0 saturated heterocycles. The van der Waals surface area contributed by atoms with Crippen molar-refractivity contribution < 1.29 is 27.7 Å². The Hall–Kier alpha value is -2.84. The number of halogens is 2. The maximum absolute atomic E-state index is 12.2. The fraction of sp³-hybridized carbons (Fsp3) is 0.0625. The van der Waals surface area contributed by atoms with Crippen LogP contribution in [0.2, 0.25) is 10.0 Å². The zero-order valence-corrected chi connectivity index (χ0v) is 18.1. The molecule has 1 heterocycles. The molecule has 3 aromatic rings. The average molecular weight is 505 g/mol. The summed E-state index contributed by atoms with van der Waals surface area (Å²) in [5.74, 6) is -1.83. The van der Waals surface area contributed by atoms with Crippen LogP contribution in [0, 0.1) is 10.1 Å². The van der Waals surface area contributed by atoms with E-state index in [0.29, 0.717) is 10.2 Å². The summed E-state index contributed by atoms with van der Waals surface area (Å²) < 4.78 is 28.4. The minimum atomic E-state index is -4.23. The second kappa shape index (κ2) is 8.72. The molecule has 0 aliphatic rings. The number of carbonyl (C=O) groups is 2. The lowest BCUT2D eigenvalue weighted by Gasteiger charge is -2.09. The summed E-state index contributed by atoms with van der Waals surface area (Å²) in [6, 6.07) is 5.89. The van der Waals surface area contributed by atoms with Gasteiger partial charge in [-0.25, -0.2) is 23.3 Å². The van der Waals surface area contributed by atoms with Gasteiger partial charge in [0.25, 0.3) is 11.6 Å². The highest BCUT2D eigenvalue weighted by molar-refractivity contribution is 7.89. The van der Waals surface area contributed by atoms with Crippen molar-refractivity contribution in [2.75, 3.05) is 11.9 Å². The lowest BCUT2D eigenvalue weighted by Crippen LogP contribution is -2.21. The molecule has 0 unspecified atom stereocenters. The molecule has 3 N–H and O–H groups in total. The predicted octanol–water partition coefficient (Wildman–Crippen LogP) is 2.95. The van der Waals surface area contributed by atoms with Gasteiger partial charge < -0.3 is 4.74 Å². The van der Waals surface area contributed by atoms with Crippen LogP contribution in [0.5, 0.6) is 0 Å². The Bertz CT molecular complexity index is 1340. The number of aromatic nitrogens is 1. The third kappa shape index (κ3) is 5.26. The van der Waals surface area contributed by atoms with Crippen LogP contribution in [-0.2, 0) is 19.6 Å². The molecular weight excluding hydrogens is 495 g/mol. The van der Waals surface area contributed by atoms with Crippen molar-refractivity contribution in [3.05, 3.63) is 56.1 Å². The van der Waals surface area contributed by atoms with E-state index < -0.39 is 38.3 Å². The Kier molecular flexibility index (Phi) is 6.43. The van der Waals surface area contributed by atoms with Crippen LogP contribution in [0.1, 0.15) is 10.4 Å². The van der Waals surface area contributed by atoms with Gasteiger partial charge in [0.1, 0.15) is 4.90 Å². The van der Waals surface area contributed by atoms with Gasteiger partial charge >= 0.3 is 5.97 Å². The number of nitrogens with zero attached hydrogens (tertiary/aromatic N) is 2. The number of non-ortho nitro benzene ring substituents is 1. The maximum atomic E-state index is 12.2. The second-order valence-electron chi connectivity index (χ2n) is 5.86. The van der Waals surface area contributed by atoms with E-state index in [2.05, 4.69) is 10.3 Å². The van der Waals surface area contributed by atoms with Gasteiger partial charge in [-0.15, -0.1) is 0 Å². The molecule has 15 heteroatoms. The van der Waals surface area contributed by atoms with Gasteiger partial charge in [0, 0.05) is 12.1 Å². The highest BCUT2D eigenvalue weighted by Crippen LogP contribution is 2.30. The number of carbonyl (C=O) groups excluding carboxylic acids is 2. The van der Waals surface area contributed by atoms with Crippen molar-refractivity contribution in [3.63, 3.8) is 0 Å². The standard InChI is InChI=1S/C16H10Cl2N4O7S2/c17-9-5-10(18)13(31(19,27)28)4-8(9)15(24)29-6-14(23)21-16-20-11-2-1-7(22(25)26)3-12(11)30-16/h1-5H,6H2,(H2,19,27,28)(H,20,21,23). The number of primary sulfonamides is 1. The number of hydrogen-bond donors (Lipinski definition) is 2. The topological polar surface area (TPSA) is 172 Å². The van der Waals surface area contributed by atoms with Crippen LogP contribution in [0.4, 0.5) is 10.8 Å². The molecule has 11 nitrogen and oxygen atoms in total. The molecule has 0 saturated carbocycles. The predicted molar refractivity (Wildman–Crippen MR) is 113 cm³/mol. The number of amides is 1. The first-order chi connectivity index (χ1) is 14.5. The molecule has 0 radical (unpaired) electrons. The average Bonchev–Trinajstić information content (AvgIpc) is 3.06. The number of sulfonamides is 1. The first kappa shape index (κ1) is 22.8. The molecule has 1 aromatic heterocycles. The van der Waals surface area contributed by atoms with Crippen LogP contribution < -0.4 is 10.5 Å². The molecule has 0 aliphatic carbocycles. The molecule has 0 atom stereocenters. The van der Waals surface area contributed by atoms with Gasteiger partial charge in [0.2, 0.25) is 10.0 Å². The molecule has 3 rings (SSSR count). The molecule has 31 heavy (non-hydrogen) atoms. The molecule has 0 bridgehead atoms. The zero-order valence-electron chi connectivity index (χ0n) is 15.0. The normalized spacial score (nSPS) is 11.3. The minimum absolute atomic E-state index is 0.123. The summed E-state index contributed by atoms with van der Waals surface area (Å²) in [5, 5.41) is 17.9. The van der Waals surface area contributed by atoms with E-state index in [9.17, 15) is 28.1 Å². The van der Waals surface area contributed by atoms with Crippen molar-refractivity contribution in [2.45, 2.75) is 4.90 Å². The van der Waals surface area contributed by atoms with Gasteiger partial charge in [-0.1, -0.05) is 34.5 Å². The molecule has 1 amide bonds. The van der Waals surface area contributed by atoms with Crippen LogP contribution in [-0.4, -0.2) is 36.8 Å². The molecule has 0 spiro atoms. The van der Waals surface area contributed by atoms with E-state index >= 15 is 0 Å². The van der Waals surface area contributed by atoms with Gasteiger partial charge in [-0.3, -0.25) is 20.2 Å². The third-order valence-corrected chi connectivity index (χ3v) is 6.33. The Balaban J connectivity index is 1.69. The first-order valence-corrected chi connectivity index (χ1v) is 11.1. The number of nitrogens with two attached hydrogens (primary N) is 1. The number of benzene rings is 2. The molecule has 162 valence electrons. The molecular formula is C16H10Cl2N4O7S2. The zero-order chi connectivity index (χ0) is 22.9. The number of esters is 1. The van der Waals surface area contributed by atoms with Gasteiger partial charge in [0.05, 0.1) is 30.7 Å². The number of thiazole rings is 1. The van der Waals surface area contributed by atoms with Crippen molar-refractivity contribution in [1.82, 2.24) is 4.98 Å². The summed E-state index contributed by atoms with van der Waals surface area (Å²) in [5.41, 5.74) is -0.0387. The smallest absolute Gasteiger partial charge is 0.340 e. The summed E-state index contributed by atoms with van der Waals surface area (Å²) in [4.78, 5) is 38.1. The summed E-state index contributed by atoms with van der Waals surface area (Å²) in [7, 11) is -4.23. The van der Waals surface area contributed by atoms with Crippen molar-refractivity contribution in [1.29, 1.82) is 0 Å². The SMILES string of the molecule is NS(=O)(=O)c1cc(C(=O)OCC(=O)Nc2nc3ccc([N+](=O)[O-])cc3s2)c(Cl)cc1Cl. The number of nitro benzene ring substituents is 1. The fourth-order valence-corrected chi connectivity index (χ4v) is 4.66. The Morgan fingerprint density at radius 1 is 1.23 bits per heavy atom. The summed E-state index contributed by atoms with van der Waals surface area (Å²) in [6.45, 7) is -0.738. The maximum Gasteiger partial charge on any atom is 0.340 e. The van der Waals surface area contributed by atoms with Gasteiger partial charge in [-0.05, 0) is 18.2 Å². The Labute approximate surface area is 187 Å². The lowest BCUT2D eigenvalue weighted by molar-refractivity contribution is -0.384. The Morgan fingerprint density at radius 2 is 1.94 bits per heavy atom. The number of nitro groups is 1. The number of ether oxygens (including phenoxy) is 1. The molecule has 0 aliphatic heterocycles. The summed E-state index contributed by atoms with van der Waals surface area (Å²) in [6.07, 6.45) is 0. The molecule has 2 aromatic carbocycles. The van der Waals surface area contributed by atoms with E-state index in [4.69, 9.17) is 33.1 Å². The quantitative estimate of drug-likeness (QED) is 0.292. The second-order valence-corrected chi connectivity index (χ2v) is 9.23. The fourth-order valence-electron chi connectivity index (χ4n) is 2.35. The monoisotopic (exact) mass is 504 g/mol. The van der Waals surface area contributed by atoms with Crippen LogP contribution in [0.3, 0.4) is 0 Å². The first-order valence-electron chi connectivity index (χ1n) is 7.99. The Morgan fingerprint density at radius 3 is 2.58 bits per heavy atom. The van der Waals surface area contributed by atoms with Crippen molar-refractivity contribution in [2.24, 2.45) is 5.14 Å². The molecule has 0 fully saturated rings. The third-order valence-electron chi connectivity index (χ3n) is 3.71. The number of anilines is 1. The van der Waals surface area contributed by atoms with Crippen LogP contribution >= 0.6 is 34.5 Å². The largest absolute Gasteiger partial charge is 0.452 e. The van der Waals surface area contributed by atoms with E-state index in [1.807, 2.05) is 0 Å². The van der Waals surface area contributed by atoms with E-state index in [1.54, 1.807) is 0 Å². The van der Waals surface area contributed by atoms with E-state index in [-0.39, 0.29) is 26.4 Å². The van der Waals surface area contributed by atoms with Crippen molar-refractivity contribution >= 4 is 77.5 Å². The number of nitrogens with one attached hydrogen (secondary N) is 1.